The molecule has 1 aliphatic rings. The summed E-state index contributed by atoms with van der Waals surface area (Å²) in [5.41, 5.74) is 2.32. The summed E-state index contributed by atoms with van der Waals surface area (Å²) < 4.78 is 25.2. The number of anilines is 2. The van der Waals surface area contributed by atoms with Crippen LogP contribution in [0.1, 0.15) is 6.92 Å². The average molecular weight is 297 g/mol. The molecule has 0 radical (unpaired) electrons. The van der Waals surface area contributed by atoms with E-state index >= 15 is 0 Å². The molecule has 0 unspecified atom stereocenters. The van der Waals surface area contributed by atoms with Crippen molar-refractivity contribution in [2.24, 2.45) is 0 Å². The third-order valence-corrected chi connectivity index (χ3v) is 5.61. The number of sulfonamides is 1. The zero-order chi connectivity index (χ0) is 14.8. The van der Waals surface area contributed by atoms with Gasteiger partial charge in [0.1, 0.15) is 0 Å². The lowest BCUT2D eigenvalue weighted by Crippen LogP contribution is -2.49. The average Bonchev–Trinajstić information content (AvgIpc) is 2.47. The first-order valence-corrected chi connectivity index (χ1v) is 8.55. The molecule has 1 heterocycles. The maximum absolute atomic E-state index is 11.8. The van der Waals surface area contributed by atoms with Crippen molar-refractivity contribution in [2.45, 2.75) is 6.92 Å². The summed E-state index contributed by atoms with van der Waals surface area (Å²) in [4.78, 5) is 4.30. The first-order valence-electron chi connectivity index (χ1n) is 6.94. The van der Waals surface area contributed by atoms with Crippen molar-refractivity contribution in [3.05, 3.63) is 24.3 Å². The van der Waals surface area contributed by atoms with Crippen LogP contribution in [0.25, 0.3) is 0 Å². The Morgan fingerprint density at radius 2 is 1.60 bits per heavy atom. The SMILES string of the molecule is CCS(=O)(=O)N1CCN(c2ccc(N(C)C)cc2)CC1. The standard InChI is InChI=1S/C14H23N3O2S/c1-4-20(18,19)17-11-9-16(10-12-17)14-7-5-13(6-8-14)15(2)3/h5-8H,4,9-12H2,1-3H3. The van der Waals surface area contributed by atoms with Crippen molar-refractivity contribution in [1.82, 2.24) is 4.31 Å². The lowest BCUT2D eigenvalue weighted by molar-refractivity contribution is 0.385. The molecule has 0 N–H and O–H groups in total. The molecule has 1 saturated heterocycles. The van der Waals surface area contributed by atoms with Crippen LogP contribution in [0.3, 0.4) is 0 Å². The summed E-state index contributed by atoms with van der Waals surface area (Å²) in [5, 5.41) is 0. The molecule has 1 aromatic rings. The van der Waals surface area contributed by atoms with Gasteiger partial charge in [0.05, 0.1) is 5.75 Å². The minimum absolute atomic E-state index is 0.185. The van der Waals surface area contributed by atoms with E-state index < -0.39 is 10.0 Å². The number of nitrogens with zero attached hydrogens (tertiary/aromatic N) is 3. The molecule has 112 valence electrons. The molecule has 0 aromatic heterocycles. The molecule has 1 aromatic carbocycles. The Bertz CT molecular complexity index is 532. The van der Waals surface area contributed by atoms with Crippen molar-refractivity contribution in [1.29, 1.82) is 0 Å². The molecule has 0 saturated carbocycles. The van der Waals surface area contributed by atoms with Crippen molar-refractivity contribution in [2.75, 3.05) is 55.8 Å². The lowest BCUT2D eigenvalue weighted by atomic mass is 10.2. The number of hydrogen-bond donors (Lipinski definition) is 0. The van der Waals surface area contributed by atoms with Gasteiger partial charge >= 0.3 is 0 Å². The molecule has 1 fully saturated rings. The van der Waals surface area contributed by atoms with Gasteiger partial charge < -0.3 is 9.80 Å². The summed E-state index contributed by atoms with van der Waals surface area (Å²) in [7, 11) is 0.990. The molecule has 5 nitrogen and oxygen atoms in total. The van der Waals surface area contributed by atoms with Crippen molar-refractivity contribution >= 4 is 21.4 Å². The van der Waals surface area contributed by atoms with E-state index in [0.717, 1.165) is 18.8 Å². The van der Waals surface area contributed by atoms with Gasteiger partial charge in [0, 0.05) is 51.6 Å². The van der Waals surface area contributed by atoms with Gasteiger partial charge in [0.25, 0.3) is 0 Å². The summed E-state index contributed by atoms with van der Waals surface area (Å²) in [6, 6.07) is 8.37. The third kappa shape index (κ3) is 3.24. The molecule has 0 spiro atoms. The highest BCUT2D eigenvalue weighted by molar-refractivity contribution is 7.89. The zero-order valence-corrected chi connectivity index (χ0v) is 13.2. The fourth-order valence-electron chi connectivity index (χ4n) is 2.37. The van der Waals surface area contributed by atoms with Gasteiger partial charge in [-0.25, -0.2) is 8.42 Å². The van der Waals surface area contributed by atoms with E-state index in [4.69, 9.17) is 0 Å². The normalized spacial score (nSPS) is 17.2. The lowest BCUT2D eigenvalue weighted by Gasteiger charge is -2.35. The molecule has 0 atom stereocenters. The molecular formula is C14H23N3O2S. The Kier molecular flexibility index (Phi) is 4.55. The van der Waals surface area contributed by atoms with E-state index in [-0.39, 0.29) is 5.75 Å². The second-order valence-electron chi connectivity index (χ2n) is 5.20. The molecule has 0 aliphatic carbocycles. The van der Waals surface area contributed by atoms with Gasteiger partial charge in [0.15, 0.2) is 0 Å². The summed E-state index contributed by atoms with van der Waals surface area (Å²) >= 11 is 0. The Hall–Kier alpha value is -1.27. The Labute approximate surface area is 121 Å². The van der Waals surface area contributed by atoms with E-state index in [1.54, 1.807) is 11.2 Å². The van der Waals surface area contributed by atoms with E-state index in [9.17, 15) is 8.42 Å². The predicted molar refractivity (Wildman–Crippen MR) is 84.0 cm³/mol. The van der Waals surface area contributed by atoms with Crippen LogP contribution in [0.2, 0.25) is 0 Å². The largest absolute Gasteiger partial charge is 0.378 e. The van der Waals surface area contributed by atoms with Gasteiger partial charge in [-0.3, -0.25) is 0 Å². The monoisotopic (exact) mass is 297 g/mol. The van der Waals surface area contributed by atoms with E-state index in [1.807, 2.05) is 14.1 Å². The first-order chi connectivity index (χ1) is 9.44. The van der Waals surface area contributed by atoms with Crippen LogP contribution in [-0.2, 0) is 10.0 Å². The van der Waals surface area contributed by atoms with Crippen LogP contribution in [0.5, 0.6) is 0 Å². The minimum atomic E-state index is -3.04. The molecule has 6 heteroatoms. The van der Waals surface area contributed by atoms with E-state index in [0.29, 0.717) is 13.1 Å². The van der Waals surface area contributed by atoms with Crippen LogP contribution >= 0.6 is 0 Å². The van der Waals surface area contributed by atoms with Crippen LogP contribution in [0.4, 0.5) is 11.4 Å². The molecule has 2 rings (SSSR count). The molecule has 1 aliphatic heterocycles. The number of hydrogen-bond acceptors (Lipinski definition) is 4. The smallest absolute Gasteiger partial charge is 0.213 e. The minimum Gasteiger partial charge on any atom is -0.378 e. The van der Waals surface area contributed by atoms with Crippen LogP contribution in [-0.4, -0.2) is 58.8 Å². The van der Waals surface area contributed by atoms with Gasteiger partial charge in [-0.15, -0.1) is 0 Å². The van der Waals surface area contributed by atoms with Gasteiger partial charge in [-0.05, 0) is 31.2 Å². The maximum Gasteiger partial charge on any atom is 0.213 e. The highest BCUT2D eigenvalue weighted by Gasteiger charge is 2.25. The summed E-state index contributed by atoms with van der Waals surface area (Å²) in [5.74, 6) is 0.185. The fourth-order valence-corrected chi connectivity index (χ4v) is 3.45. The van der Waals surface area contributed by atoms with Crippen LogP contribution in [0.15, 0.2) is 24.3 Å². The van der Waals surface area contributed by atoms with Crippen LogP contribution < -0.4 is 9.80 Å². The van der Waals surface area contributed by atoms with Gasteiger partial charge in [0.2, 0.25) is 10.0 Å². The highest BCUT2D eigenvalue weighted by atomic mass is 32.2. The summed E-state index contributed by atoms with van der Waals surface area (Å²) in [6.45, 7) is 4.35. The third-order valence-electron chi connectivity index (χ3n) is 3.73. The number of benzene rings is 1. The Balaban J connectivity index is 2.00. The molecule has 0 bridgehead atoms. The quantitative estimate of drug-likeness (QED) is 0.838. The molecular weight excluding hydrogens is 274 g/mol. The van der Waals surface area contributed by atoms with Crippen molar-refractivity contribution < 1.29 is 8.42 Å². The Morgan fingerprint density at radius 3 is 2.05 bits per heavy atom. The van der Waals surface area contributed by atoms with Crippen molar-refractivity contribution in [3.63, 3.8) is 0 Å². The van der Waals surface area contributed by atoms with Gasteiger partial charge in [-0.2, -0.15) is 4.31 Å². The topological polar surface area (TPSA) is 43.9 Å². The molecule has 0 amide bonds. The fraction of sp³-hybridized carbons (Fsp3) is 0.571. The zero-order valence-electron chi connectivity index (χ0n) is 12.4. The summed E-state index contributed by atoms with van der Waals surface area (Å²) in [6.07, 6.45) is 0. The predicted octanol–water partition coefficient (Wildman–Crippen LogP) is 1.22. The van der Waals surface area contributed by atoms with Crippen molar-refractivity contribution in [3.8, 4) is 0 Å². The van der Waals surface area contributed by atoms with Crippen LogP contribution in [0, 0.1) is 0 Å². The number of piperazine rings is 1. The van der Waals surface area contributed by atoms with Gasteiger partial charge in [-0.1, -0.05) is 0 Å². The first kappa shape index (κ1) is 15.1. The maximum atomic E-state index is 11.8. The highest BCUT2D eigenvalue weighted by Crippen LogP contribution is 2.21. The van der Waals surface area contributed by atoms with E-state index in [2.05, 4.69) is 34.1 Å². The second-order valence-corrected chi connectivity index (χ2v) is 7.46. The second kappa shape index (κ2) is 6.01. The Morgan fingerprint density at radius 1 is 1.05 bits per heavy atom. The van der Waals surface area contributed by atoms with E-state index in [1.165, 1.54) is 5.69 Å². The number of rotatable bonds is 4. The molecule has 20 heavy (non-hydrogen) atoms.